The molecule has 0 saturated heterocycles. The molecule has 0 aliphatic carbocycles. The Labute approximate surface area is 170 Å². The highest BCUT2D eigenvalue weighted by Gasteiger charge is 2.31. The number of hydrogen-bond donors (Lipinski definition) is 0. The second kappa shape index (κ2) is 10.00. The molecule has 0 aromatic heterocycles. The van der Waals surface area contributed by atoms with Gasteiger partial charge in [0, 0.05) is 19.8 Å². The number of carbonyl (C=O) groups excluding carboxylic acids is 1. The number of likely N-dealkylation sites (N-methyl/N-ethyl adjacent to an activating group) is 1. The van der Waals surface area contributed by atoms with Crippen molar-refractivity contribution in [1.29, 1.82) is 0 Å². The standard InChI is InChI=1S/C20H22F3NO4S/c1-14-11-15(13-17(12-14)20(21,22)23)9-10-24(2)19(25)18(27-28-29(3)26)16-7-5-4-6-8-16/h4-8,11-13,18H,9-10H2,1-3H3. The van der Waals surface area contributed by atoms with Crippen LogP contribution in [-0.2, 0) is 37.7 Å². The minimum atomic E-state index is -4.43. The van der Waals surface area contributed by atoms with E-state index in [9.17, 15) is 22.2 Å². The number of aryl methyl sites for hydroxylation is 1. The number of hydrogen-bond acceptors (Lipinski definition) is 4. The van der Waals surface area contributed by atoms with Crippen LogP contribution < -0.4 is 0 Å². The number of rotatable bonds is 8. The van der Waals surface area contributed by atoms with Gasteiger partial charge in [0.15, 0.2) is 17.2 Å². The lowest BCUT2D eigenvalue weighted by Gasteiger charge is -2.23. The first-order chi connectivity index (χ1) is 13.6. The third-order valence-corrected chi connectivity index (χ3v) is 4.40. The summed E-state index contributed by atoms with van der Waals surface area (Å²) in [7, 11) is 1.52. The van der Waals surface area contributed by atoms with Crippen molar-refractivity contribution in [3.8, 4) is 0 Å². The Bertz CT molecular complexity index is 859. The number of benzene rings is 2. The molecule has 0 heterocycles. The maximum atomic E-state index is 13.0. The minimum Gasteiger partial charge on any atom is -0.343 e. The Morgan fingerprint density at radius 1 is 1.17 bits per heavy atom. The smallest absolute Gasteiger partial charge is 0.343 e. The van der Waals surface area contributed by atoms with Gasteiger partial charge in [-0.25, -0.2) is 9.10 Å². The highest BCUT2D eigenvalue weighted by atomic mass is 32.2. The van der Waals surface area contributed by atoms with Gasteiger partial charge in [-0.05, 0) is 36.6 Å². The van der Waals surface area contributed by atoms with Crippen molar-refractivity contribution < 1.29 is 31.4 Å². The molecule has 5 nitrogen and oxygen atoms in total. The zero-order valence-electron chi connectivity index (χ0n) is 16.2. The molecule has 9 heteroatoms. The van der Waals surface area contributed by atoms with Gasteiger partial charge < -0.3 is 4.90 Å². The molecule has 0 fully saturated rings. The van der Waals surface area contributed by atoms with Gasteiger partial charge in [0.1, 0.15) is 0 Å². The van der Waals surface area contributed by atoms with E-state index in [-0.39, 0.29) is 13.0 Å². The quantitative estimate of drug-likeness (QED) is 0.470. The van der Waals surface area contributed by atoms with Crippen LogP contribution in [0.1, 0.15) is 28.4 Å². The largest absolute Gasteiger partial charge is 0.416 e. The summed E-state index contributed by atoms with van der Waals surface area (Å²) >= 11 is -1.74. The first-order valence-corrected chi connectivity index (χ1v) is 10.2. The molecule has 2 rings (SSSR count). The summed E-state index contributed by atoms with van der Waals surface area (Å²) in [6, 6.07) is 12.3. The molecule has 0 aliphatic rings. The summed E-state index contributed by atoms with van der Waals surface area (Å²) in [5.41, 5.74) is 0.753. The SMILES string of the molecule is Cc1cc(CCN(C)C(=O)C(OOS(C)=O)c2ccccc2)cc(C(F)(F)F)c1. The van der Waals surface area contributed by atoms with Gasteiger partial charge in [-0.2, -0.15) is 13.2 Å². The molecule has 2 atom stereocenters. The van der Waals surface area contributed by atoms with Crippen molar-refractivity contribution in [1.82, 2.24) is 4.90 Å². The molecular weight excluding hydrogens is 407 g/mol. The van der Waals surface area contributed by atoms with Crippen LogP contribution >= 0.6 is 0 Å². The molecule has 29 heavy (non-hydrogen) atoms. The second-order valence-corrected chi connectivity index (χ2v) is 7.51. The third kappa shape index (κ3) is 6.95. The average molecular weight is 429 g/mol. The van der Waals surface area contributed by atoms with E-state index in [4.69, 9.17) is 4.89 Å². The number of alkyl halides is 3. The topological polar surface area (TPSA) is 55.8 Å². The molecule has 0 N–H and O–H groups in total. The van der Waals surface area contributed by atoms with Crippen molar-refractivity contribution >= 4 is 17.0 Å². The predicted octanol–water partition coefficient (Wildman–Crippen LogP) is 4.00. The Morgan fingerprint density at radius 3 is 2.41 bits per heavy atom. The summed E-state index contributed by atoms with van der Waals surface area (Å²) in [5.74, 6) is -0.467. The van der Waals surface area contributed by atoms with Gasteiger partial charge in [0.05, 0.1) is 5.56 Å². The van der Waals surface area contributed by atoms with E-state index < -0.39 is 34.8 Å². The van der Waals surface area contributed by atoms with Crippen LogP contribution in [-0.4, -0.2) is 34.9 Å². The van der Waals surface area contributed by atoms with Crippen molar-refractivity contribution in [2.75, 3.05) is 19.8 Å². The molecule has 0 radical (unpaired) electrons. The fourth-order valence-corrected chi connectivity index (χ4v) is 2.93. The molecule has 0 saturated carbocycles. The fraction of sp³-hybridized carbons (Fsp3) is 0.350. The van der Waals surface area contributed by atoms with Gasteiger partial charge in [0.25, 0.3) is 5.91 Å². The van der Waals surface area contributed by atoms with Crippen LogP contribution in [0.15, 0.2) is 48.5 Å². The lowest BCUT2D eigenvalue weighted by Crippen LogP contribution is -2.34. The third-order valence-electron chi connectivity index (χ3n) is 4.13. The van der Waals surface area contributed by atoms with E-state index in [1.165, 1.54) is 18.2 Å². The summed E-state index contributed by atoms with van der Waals surface area (Å²) in [5, 5.41) is 0. The Balaban J connectivity index is 2.11. The lowest BCUT2D eigenvalue weighted by atomic mass is 10.0. The van der Waals surface area contributed by atoms with Gasteiger partial charge in [-0.3, -0.25) is 4.79 Å². The normalized spacial score (nSPS) is 13.7. The van der Waals surface area contributed by atoms with Crippen LogP contribution in [0.2, 0.25) is 0 Å². The van der Waals surface area contributed by atoms with Crippen LogP contribution in [0.25, 0.3) is 0 Å². The van der Waals surface area contributed by atoms with Crippen LogP contribution in [0.4, 0.5) is 13.2 Å². The summed E-state index contributed by atoms with van der Waals surface area (Å²) in [6.07, 6.45) is -4.09. The number of halogens is 3. The Morgan fingerprint density at radius 2 is 1.83 bits per heavy atom. The van der Waals surface area contributed by atoms with E-state index in [2.05, 4.69) is 4.33 Å². The molecule has 1 amide bonds. The molecule has 0 spiro atoms. The highest BCUT2D eigenvalue weighted by Crippen LogP contribution is 2.30. The van der Waals surface area contributed by atoms with E-state index >= 15 is 0 Å². The number of carbonyl (C=O) groups is 1. The van der Waals surface area contributed by atoms with Gasteiger partial charge in [0.2, 0.25) is 0 Å². The van der Waals surface area contributed by atoms with E-state index in [0.717, 1.165) is 12.1 Å². The van der Waals surface area contributed by atoms with Gasteiger partial charge >= 0.3 is 6.18 Å². The van der Waals surface area contributed by atoms with Crippen molar-refractivity contribution in [2.45, 2.75) is 25.6 Å². The molecule has 0 bridgehead atoms. The molecule has 0 aliphatic heterocycles. The first kappa shape index (κ1) is 23.1. The zero-order valence-corrected chi connectivity index (χ0v) is 17.0. The van der Waals surface area contributed by atoms with Crippen LogP contribution in [0.3, 0.4) is 0 Å². The van der Waals surface area contributed by atoms with Gasteiger partial charge in [-0.15, -0.1) is 4.33 Å². The van der Waals surface area contributed by atoms with Crippen molar-refractivity contribution in [3.63, 3.8) is 0 Å². The van der Waals surface area contributed by atoms with Crippen molar-refractivity contribution in [2.24, 2.45) is 0 Å². The number of amides is 1. The summed E-state index contributed by atoms with van der Waals surface area (Å²) in [4.78, 5) is 19.2. The summed E-state index contributed by atoms with van der Waals surface area (Å²) < 4.78 is 54.8. The maximum Gasteiger partial charge on any atom is 0.416 e. The average Bonchev–Trinajstić information content (AvgIpc) is 2.65. The van der Waals surface area contributed by atoms with Crippen LogP contribution in [0.5, 0.6) is 0 Å². The zero-order chi connectivity index (χ0) is 21.6. The molecule has 2 aromatic rings. The van der Waals surface area contributed by atoms with Crippen molar-refractivity contribution in [3.05, 3.63) is 70.8 Å². The van der Waals surface area contributed by atoms with E-state index in [0.29, 0.717) is 16.7 Å². The molecular formula is C20H22F3NO4S. The Hall–Kier alpha value is -2.23. The summed E-state index contributed by atoms with van der Waals surface area (Å²) in [6.45, 7) is 1.76. The highest BCUT2D eigenvalue weighted by molar-refractivity contribution is 7.79. The minimum absolute atomic E-state index is 0.168. The van der Waals surface area contributed by atoms with Gasteiger partial charge in [-0.1, -0.05) is 42.0 Å². The molecule has 2 aromatic carbocycles. The Kier molecular flexibility index (Phi) is 7.95. The fourth-order valence-electron chi connectivity index (χ4n) is 2.74. The van der Waals surface area contributed by atoms with E-state index in [1.807, 2.05) is 0 Å². The monoisotopic (exact) mass is 429 g/mol. The van der Waals surface area contributed by atoms with E-state index in [1.54, 1.807) is 43.3 Å². The first-order valence-electron chi connectivity index (χ1n) is 8.73. The lowest BCUT2D eigenvalue weighted by molar-refractivity contribution is -0.238. The molecule has 2 unspecified atom stereocenters. The maximum absolute atomic E-state index is 13.0. The molecule has 158 valence electrons. The number of nitrogens with zero attached hydrogens (tertiary/aromatic N) is 1. The second-order valence-electron chi connectivity index (χ2n) is 6.57. The predicted molar refractivity (Wildman–Crippen MR) is 103 cm³/mol. The van der Waals surface area contributed by atoms with Crippen LogP contribution in [0, 0.1) is 6.92 Å².